The minimum Gasteiger partial charge on any atom is -0.493 e. The van der Waals surface area contributed by atoms with Crippen LogP contribution in [0.25, 0.3) is 0 Å². The standard InChI is InChI=1S/C20H26N4O4S/c1-27-17-5-3-4-16(18(17)28-2)22-20(26)21-7-8-23-9-11-24(12-10-23)19(25)15-6-13-29-14-15/h3-6,13-14H,7-12H2,1-2H3,(H2,21,22,26). The maximum Gasteiger partial charge on any atom is 0.319 e. The monoisotopic (exact) mass is 418 g/mol. The number of thiophene rings is 1. The lowest BCUT2D eigenvalue weighted by atomic mass is 10.2. The maximum absolute atomic E-state index is 12.4. The van der Waals surface area contributed by atoms with Crippen LogP contribution in [0.2, 0.25) is 0 Å². The average molecular weight is 419 g/mol. The van der Waals surface area contributed by atoms with Crippen molar-refractivity contribution in [1.29, 1.82) is 0 Å². The molecule has 1 aliphatic rings. The molecule has 0 saturated carbocycles. The maximum atomic E-state index is 12.4. The Hall–Kier alpha value is -2.78. The van der Waals surface area contributed by atoms with Crippen LogP contribution >= 0.6 is 11.3 Å². The smallest absolute Gasteiger partial charge is 0.319 e. The highest BCUT2D eigenvalue weighted by molar-refractivity contribution is 7.08. The van der Waals surface area contributed by atoms with Gasteiger partial charge < -0.3 is 25.0 Å². The second kappa shape index (κ2) is 10.1. The van der Waals surface area contributed by atoms with E-state index in [0.717, 1.165) is 25.2 Å². The van der Waals surface area contributed by atoms with E-state index in [1.165, 1.54) is 18.4 Å². The first kappa shape index (κ1) is 20.9. The van der Waals surface area contributed by atoms with Crippen LogP contribution in [0.1, 0.15) is 10.4 Å². The molecule has 0 unspecified atom stereocenters. The summed E-state index contributed by atoms with van der Waals surface area (Å²) in [5.41, 5.74) is 1.31. The number of anilines is 1. The first-order valence-electron chi connectivity index (χ1n) is 9.42. The van der Waals surface area contributed by atoms with E-state index in [2.05, 4.69) is 15.5 Å². The molecule has 9 heteroatoms. The molecule has 3 rings (SSSR count). The minimum absolute atomic E-state index is 0.0932. The van der Waals surface area contributed by atoms with Crippen molar-refractivity contribution in [3.05, 3.63) is 40.6 Å². The van der Waals surface area contributed by atoms with Gasteiger partial charge in [0.15, 0.2) is 11.5 Å². The van der Waals surface area contributed by atoms with Crippen LogP contribution in [-0.2, 0) is 0 Å². The van der Waals surface area contributed by atoms with Crippen LogP contribution in [0.15, 0.2) is 35.0 Å². The van der Waals surface area contributed by atoms with Gasteiger partial charge in [-0.05, 0) is 23.6 Å². The first-order chi connectivity index (χ1) is 14.1. The van der Waals surface area contributed by atoms with E-state index >= 15 is 0 Å². The number of benzene rings is 1. The Balaban J connectivity index is 1.40. The summed E-state index contributed by atoms with van der Waals surface area (Å²) >= 11 is 1.53. The summed E-state index contributed by atoms with van der Waals surface area (Å²) in [7, 11) is 3.08. The van der Waals surface area contributed by atoms with Gasteiger partial charge in [0, 0.05) is 44.6 Å². The van der Waals surface area contributed by atoms with Crippen molar-refractivity contribution in [2.75, 3.05) is 58.8 Å². The largest absolute Gasteiger partial charge is 0.493 e. The third-order valence-corrected chi connectivity index (χ3v) is 5.48. The van der Waals surface area contributed by atoms with E-state index in [0.29, 0.717) is 36.8 Å². The van der Waals surface area contributed by atoms with Gasteiger partial charge in [-0.25, -0.2) is 4.79 Å². The summed E-state index contributed by atoms with van der Waals surface area (Å²) in [6, 6.07) is 6.87. The molecule has 2 aromatic rings. The topological polar surface area (TPSA) is 83.1 Å². The molecule has 0 bridgehead atoms. The van der Waals surface area contributed by atoms with Gasteiger partial charge in [-0.1, -0.05) is 6.07 Å². The number of amides is 3. The Morgan fingerprint density at radius 1 is 1.10 bits per heavy atom. The summed E-state index contributed by atoms with van der Waals surface area (Å²) in [5.74, 6) is 1.13. The molecule has 1 saturated heterocycles. The van der Waals surface area contributed by atoms with Crippen LogP contribution in [0.4, 0.5) is 10.5 Å². The SMILES string of the molecule is COc1cccc(NC(=O)NCCN2CCN(C(=O)c3ccsc3)CC2)c1OC. The Kier molecular flexibility index (Phi) is 7.31. The van der Waals surface area contributed by atoms with Gasteiger partial charge in [0.2, 0.25) is 0 Å². The average Bonchev–Trinajstić information content (AvgIpc) is 3.28. The molecule has 1 aliphatic heterocycles. The molecule has 8 nitrogen and oxygen atoms in total. The van der Waals surface area contributed by atoms with Crippen molar-refractivity contribution < 1.29 is 19.1 Å². The van der Waals surface area contributed by atoms with Crippen molar-refractivity contribution in [3.8, 4) is 11.5 Å². The number of rotatable bonds is 7. The molecule has 1 aromatic heterocycles. The zero-order valence-corrected chi connectivity index (χ0v) is 17.5. The molecule has 1 fully saturated rings. The van der Waals surface area contributed by atoms with Gasteiger partial charge in [0.1, 0.15) is 0 Å². The van der Waals surface area contributed by atoms with Gasteiger partial charge in [-0.3, -0.25) is 9.69 Å². The van der Waals surface area contributed by atoms with Crippen LogP contribution in [-0.4, -0.2) is 75.2 Å². The number of para-hydroxylation sites is 1. The summed E-state index contributed by atoms with van der Waals surface area (Å²) in [6.45, 7) is 4.22. The Morgan fingerprint density at radius 3 is 2.55 bits per heavy atom. The number of piperazine rings is 1. The molecular weight excluding hydrogens is 392 g/mol. The first-order valence-corrected chi connectivity index (χ1v) is 10.4. The van der Waals surface area contributed by atoms with Gasteiger partial charge in [-0.15, -0.1) is 0 Å². The summed E-state index contributed by atoms with van der Waals surface area (Å²) in [5, 5.41) is 9.44. The quantitative estimate of drug-likeness (QED) is 0.721. The third-order valence-electron chi connectivity index (χ3n) is 4.79. The lowest BCUT2D eigenvalue weighted by Crippen LogP contribution is -2.50. The third kappa shape index (κ3) is 5.39. The van der Waals surface area contributed by atoms with E-state index in [4.69, 9.17) is 9.47 Å². The van der Waals surface area contributed by atoms with Crippen molar-refractivity contribution >= 4 is 29.0 Å². The molecular formula is C20H26N4O4S. The number of urea groups is 1. The summed E-state index contributed by atoms with van der Waals surface area (Å²) < 4.78 is 10.6. The van der Waals surface area contributed by atoms with Crippen molar-refractivity contribution in [3.63, 3.8) is 0 Å². The highest BCUT2D eigenvalue weighted by Gasteiger charge is 2.22. The number of hydrogen-bond donors (Lipinski definition) is 2. The van der Waals surface area contributed by atoms with Crippen LogP contribution in [0, 0.1) is 0 Å². The summed E-state index contributed by atoms with van der Waals surface area (Å²) in [4.78, 5) is 28.7. The fraction of sp³-hybridized carbons (Fsp3) is 0.400. The molecule has 3 amide bonds. The highest BCUT2D eigenvalue weighted by atomic mass is 32.1. The van der Waals surface area contributed by atoms with Crippen LogP contribution in [0.3, 0.4) is 0 Å². The zero-order valence-electron chi connectivity index (χ0n) is 16.6. The lowest BCUT2D eigenvalue weighted by Gasteiger charge is -2.34. The number of nitrogens with one attached hydrogen (secondary N) is 2. The second-order valence-electron chi connectivity index (χ2n) is 6.57. The van der Waals surface area contributed by atoms with E-state index in [1.54, 1.807) is 25.3 Å². The molecule has 29 heavy (non-hydrogen) atoms. The number of carbonyl (C=O) groups is 2. The van der Waals surface area contributed by atoms with E-state index in [1.807, 2.05) is 21.7 Å². The molecule has 0 atom stereocenters. The Morgan fingerprint density at radius 2 is 1.90 bits per heavy atom. The minimum atomic E-state index is -0.303. The fourth-order valence-electron chi connectivity index (χ4n) is 3.22. The predicted octanol–water partition coefficient (Wildman–Crippen LogP) is 2.34. The molecule has 2 heterocycles. The molecule has 0 radical (unpaired) electrons. The zero-order chi connectivity index (χ0) is 20.6. The Bertz CT molecular complexity index is 820. The lowest BCUT2D eigenvalue weighted by molar-refractivity contribution is 0.0640. The molecule has 0 spiro atoms. The molecule has 0 aliphatic carbocycles. The molecule has 1 aromatic carbocycles. The second-order valence-corrected chi connectivity index (χ2v) is 7.35. The van der Waals surface area contributed by atoms with E-state index in [-0.39, 0.29) is 11.9 Å². The molecule has 156 valence electrons. The van der Waals surface area contributed by atoms with Gasteiger partial charge in [-0.2, -0.15) is 11.3 Å². The molecule has 2 N–H and O–H groups in total. The number of carbonyl (C=O) groups excluding carboxylic acids is 2. The van der Waals surface area contributed by atoms with Crippen molar-refractivity contribution in [2.24, 2.45) is 0 Å². The van der Waals surface area contributed by atoms with Crippen LogP contribution < -0.4 is 20.1 Å². The van der Waals surface area contributed by atoms with E-state index in [9.17, 15) is 9.59 Å². The fourth-order valence-corrected chi connectivity index (χ4v) is 3.85. The van der Waals surface area contributed by atoms with E-state index < -0.39 is 0 Å². The normalized spacial score (nSPS) is 14.3. The number of hydrogen-bond acceptors (Lipinski definition) is 6. The number of nitrogens with zero attached hydrogens (tertiary/aromatic N) is 2. The predicted molar refractivity (Wildman–Crippen MR) is 113 cm³/mol. The van der Waals surface area contributed by atoms with Crippen molar-refractivity contribution in [2.45, 2.75) is 0 Å². The van der Waals surface area contributed by atoms with Gasteiger partial charge in [0.05, 0.1) is 25.5 Å². The Labute approximate surface area is 174 Å². The van der Waals surface area contributed by atoms with Crippen molar-refractivity contribution in [1.82, 2.24) is 15.1 Å². The van der Waals surface area contributed by atoms with Gasteiger partial charge >= 0.3 is 6.03 Å². The summed E-state index contributed by atoms with van der Waals surface area (Å²) in [6.07, 6.45) is 0. The highest BCUT2D eigenvalue weighted by Crippen LogP contribution is 2.34. The number of ether oxygens (including phenoxy) is 2. The van der Waals surface area contributed by atoms with Crippen LogP contribution in [0.5, 0.6) is 11.5 Å². The van der Waals surface area contributed by atoms with Gasteiger partial charge in [0.25, 0.3) is 5.91 Å². The number of methoxy groups -OCH3 is 2.